The van der Waals surface area contributed by atoms with E-state index in [2.05, 4.69) is 15.1 Å². The Hall–Kier alpha value is -2.44. The smallest absolute Gasteiger partial charge is 0.356 e. The molecule has 21 heavy (non-hydrogen) atoms. The van der Waals surface area contributed by atoms with Crippen molar-refractivity contribution in [3.8, 4) is 5.82 Å². The molecule has 0 amide bonds. The van der Waals surface area contributed by atoms with Gasteiger partial charge in [-0.25, -0.2) is 14.5 Å². The topological polar surface area (TPSA) is 84.1 Å². The van der Waals surface area contributed by atoms with E-state index in [1.54, 1.807) is 17.1 Å². The van der Waals surface area contributed by atoms with Gasteiger partial charge in [0.15, 0.2) is 11.5 Å². The summed E-state index contributed by atoms with van der Waals surface area (Å²) in [4.78, 5) is 21.9. The van der Waals surface area contributed by atoms with Crippen LogP contribution >= 0.6 is 0 Å². The van der Waals surface area contributed by atoms with Gasteiger partial charge < -0.3 is 10.0 Å². The van der Waals surface area contributed by atoms with Gasteiger partial charge in [0.25, 0.3) is 0 Å². The standard InChI is InChI=1S/C14H15N5O2/c1-18(2)10-5-15-6-11(16-10)19-13-8-3-7(8)4-9(13)12(17-19)14(20)21/h5-8H,3-4H2,1-2H3,(H,20,21)/t7-,8-/m1/s1. The van der Waals surface area contributed by atoms with Gasteiger partial charge in [-0.1, -0.05) is 0 Å². The number of aromatic nitrogens is 4. The summed E-state index contributed by atoms with van der Waals surface area (Å²) in [6, 6.07) is 0. The molecular formula is C14H15N5O2. The Balaban J connectivity index is 1.88. The van der Waals surface area contributed by atoms with Crippen molar-refractivity contribution in [2.75, 3.05) is 19.0 Å². The fourth-order valence-corrected chi connectivity index (χ4v) is 3.13. The third-order valence-electron chi connectivity index (χ3n) is 4.25. The molecule has 0 spiro atoms. The van der Waals surface area contributed by atoms with E-state index >= 15 is 0 Å². The minimum Gasteiger partial charge on any atom is -0.476 e. The van der Waals surface area contributed by atoms with E-state index in [1.165, 1.54) is 0 Å². The lowest BCUT2D eigenvalue weighted by Gasteiger charge is -2.12. The Morgan fingerprint density at radius 3 is 2.95 bits per heavy atom. The Kier molecular flexibility index (Phi) is 2.36. The maximum absolute atomic E-state index is 11.4. The van der Waals surface area contributed by atoms with Crippen LogP contribution in [-0.4, -0.2) is 44.9 Å². The number of nitrogens with zero attached hydrogens (tertiary/aromatic N) is 5. The lowest BCUT2D eigenvalue weighted by atomic mass is 10.1. The number of carboxylic acids is 1. The fraction of sp³-hybridized carbons (Fsp3) is 0.429. The van der Waals surface area contributed by atoms with Crippen LogP contribution < -0.4 is 4.90 Å². The summed E-state index contributed by atoms with van der Waals surface area (Å²) >= 11 is 0. The average Bonchev–Trinajstić information content (AvgIpc) is 2.95. The molecule has 108 valence electrons. The number of carboxylic acid groups (broad SMARTS) is 1. The van der Waals surface area contributed by atoms with Crippen molar-refractivity contribution in [3.05, 3.63) is 29.3 Å². The molecule has 1 fully saturated rings. The van der Waals surface area contributed by atoms with Gasteiger partial charge in [-0.15, -0.1) is 0 Å². The van der Waals surface area contributed by atoms with Gasteiger partial charge in [0.05, 0.1) is 18.1 Å². The molecule has 7 nitrogen and oxygen atoms in total. The molecule has 2 heterocycles. The normalized spacial score (nSPS) is 21.8. The van der Waals surface area contributed by atoms with Crippen molar-refractivity contribution in [2.24, 2.45) is 5.92 Å². The van der Waals surface area contributed by atoms with Crippen LogP contribution in [0.4, 0.5) is 5.82 Å². The Bertz CT molecular complexity index is 752. The fourth-order valence-electron chi connectivity index (χ4n) is 3.13. The van der Waals surface area contributed by atoms with Crippen molar-refractivity contribution in [1.82, 2.24) is 19.7 Å². The predicted molar refractivity (Wildman–Crippen MR) is 75.0 cm³/mol. The number of carbonyl (C=O) groups is 1. The zero-order valence-electron chi connectivity index (χ0n) is 11.8. The van der Waals surface area contributed by atoms with Crippen LogP contribution in [-0.2, 0) is 6.42 Å². The van der Waals surface area contributed by atoms with Gasteiger partial charge in [-0.05, 0) is 18.8 Å². The maximum Gasteiger partial charge on any atom is 0.356 e. The third-order valence-corrected chi connectivity index (χ3v) is 4.25. The lowest BCUT2D eigenvalue weighted by molar-refractivity contribution is 0.0688. The lowest BCUT2D eigenvalue weighted by Crippen LogP contribution is -2.13. The number of anilines is 1. The predicted octanol–water partition coefficient (Wildman–Crippen LogP) is 1.09. The number of rotatable bonds is 3. The maximum atomic E-state index is 11.4. The van der Waals surface area contributed by atoms with E-state index in [0.29, 0.717) is 17.7 Å². The molecular weight excluding hydrogens is 270 g/mol. The number of fused-ring (bicyclic) bond motifs is 3. The van der Waals surface area contributed by atoms with Crippen molar-refractivity contribution < 1.29 is 9.90 Å². The molecule has 0 aliphatic heterocycles. The van der Waals surface area contributed by atoms with Gasteiger partial charge >= 0.3 is 5.97 Å². The van der Waals surface area contributed by atoms with Crippen LogP contribution in [0.3, 0.4) is 0 Å². The highest BCUT2D eigenvalue weighted by molar-refractivity contribution is 5.88. The van der Waals surface area contributed by atoms with Crippen molar-refractivity contribution >= 4 is 11.8 Å². The quantitative estimate of drug-likeness (QED) is 0.908. The number of hydrogen-bond acceptors (Lipinski definition) is 5. The summed E-state index contributed by atoms with van der Waals surface area (Å²) in [5.74, 6) is 1.36. The molecule has 0 saturated heterocycles. The first-order chi connectivity index (χ1) is 10.1. The molecule has 0 bridgehead atoms. The second-order valence-corrected chi connectivity index (χ2v) is 5.87. The first kappa shape index (κ1) is 12.3. The number of aromatic carboxylic acids is 1. The van der Waals surface area contributed by atoms with Crippen LogP contribution in [0.1, 0.15) is 34.1 Å². The van der Waals surface area contributed by atoms with Crippen LogP contribution in [0, 0.1) is 5.92 Å². The van der Waals surface area contributed by atoms with Crippen LogP contribution in [0.25, 0.3) is 5.82 Å². The summed E-state index contributed by atoms with van der Waals surface area (Å²) in [6.45, 7) is 0. The van der Waals surface area contributed by atoms with E-state index < -0.39 is 5.97 Å². The Morgan fingerprint density at radius 2 is 2.24 bits per heavy atom. The van der Waals surface area contributed by atoms with Gasteiger partial charge in [0.1, 0.15) is 5.82 Å². The summed E-state index contributed by atoms with van der Waals surface area (Å²) < 4.78 is 1.68. The molecule has 1 saturated carbocycles. The highest BCUT2D eigenvalue weighted by Crippen LogP contribution is 2.57. The van der Waals surface area contributed by atoms with Gasteiger partial charge in [0, 0.05) is 25.6 Å². The first-order valence-electron chi connectivity index (χ1n) is 6.91. The first-order valence-corrected chi connectivity index (χ1v) is 6.91. The largest absolute Gasteiger partial charge is 0.476 e. The second kappa shape index (κ2) is 4.03. The molecule has 4 rings (SSSR count). The summed E-state index contributed by atoms with van der Waals surface area (Å²) in [7, 11) is 3.78. The third kappa shape index (κ3) is 1.73. The van der Waals surface area contributed by atoms with Crippen LogP contribution in [0.5, 0.6) is 0 Å². The van der Waals surface area contributed by atoms with Gasteiger partial charge in [-0.2, -0.15) is 5.10 Å². The Labute approximate surface area is 121 Å². The average molecular weight is 285 g/mol. The van der Waals surface area contributed by atoms with Crippen LogP contribution in [0.2, 0.25) is 0 Å². The van der Waals surface area contributed by atoms with E-state index in [1.807, 2.05) is 19.0 Å². The molecule has 0 aromatic carbocycles. The molecule has 7 heteroatoms. The summed E-state index contributed by atoms with van der Waals surface area (Å²) in [6.07, 6.45) is 5.24. The molecule has 0 unspecified atom stereocenters. The highest BCUT2D eigenvalue weighted by Gasteiger charge is 2.50. The molecule has 0 radical (unpaired) electrons. The van der Waals surface area contributed by atoms with Crippen LogP contribution in [0.15, 0.2) is 12.4 Å². The molecule has 1 N–H and O–H groups in total. The summed E-state index contributed by atoms with van der Waals surface area (Å²) in [5, 5.41) is 13.6. The van der Waals surface area contributed by atoms with Gasteiger partial charge in [0.2, 0.25) is 0 Å². The molecule has 2 aromatic rings. The highest BCUT2D eigenvalue weighted by atomic mass is 16.4. The second-order valence-electron chi connectivity index (χ2n) is 5.87. The van der Waals surface area contributed by atoms with E-state index in [0.717, 1.165) is 29.9 Å². The van der Waals surface area contributed by atoms with E-state index in [9.17, 15) is 9.90 Å². The minimum atomic E-state index is -0.969. The molecule has 2 aliphatic rings. The van der Waals surface area contributed by atoms with Gasteiger partial charge in [-0.3, -0.25) is 4.98 Å². The Morgan fingerprint density at radius 1 is 1.43 bits per heavy atom. The van der Waals surface area contributed by atoms with E-state index in [-0.39, 0.29) is 5.69 Å². The minimum absolute atomic E-state index is 0.161. The molecule has 2 aliphatic carbocycles. The molecule has 2 aromatic heterocycles. The summed E-state index contributed by atoms with van der Waals surface area (Å²) in [5.41, 5.74) is 2.05. The zero-order valence-corrected chi connectivity index (χ0v) is 11.8. The SMILES string of the molecule is CN(C)c1cncc(-n2nc(C(=O)O)c3c2[C@@H]2C[C@@H]2C3)n1. The van der Waals surface area contributed by atoms with Crippen molar-refractivity contribution in [3.63, 3.8) is 0 Å². The van der Waals surface area contributed by atoms with Crippen molar-refractivity contribution in [1.29, 1.82) is 0 Å². The molecule has 2 atom stereocenters. The number of hydrogen-bond donors (Lipinski definition) is 1. The monoisotopic (exact) mass is 285 g/mol. The van der Waals surface area contributed by atoms with Crippen molar-refractivity contribution in [2.45, 2.75) is 18.8 Å². The van der Waals surface area contributed by atoms with E-state index in [4.69, 9.17) is 0 Å². The zero-order chi connectivity index (χ0) is 14.7.